The topological polar surface area (TPSA) is 12.0 Å². The molecule has 0 amide bonds. The summed E-state index contributed by atoms with van der Waals surface area (Å²) in [7, 11) is 0. The third-order valence-corrected chi connectivity index (χ3v) is 5.03. The zero-order chi connectivity index (χ0) is 10.1. The molecule has 0 aromatic carbocycles. The predicted molar refractivity (Wildman–Crippen MR) is 65.3 cm³/mol. The molecule has 1 aromatic rings. The third kappa shape index (κ3) is 2.11. The molecule has 3 rings (SSSR count). The van der Waals surface area contributed by atoms with Gasteiger partial charge >= 0.3 is 0 Å². The summed E-state index contributed by atoms with van der Waals surface area (Å²) in [6.45, 7) is 1.18. The van der Waals surface area contributed by atoms with Gasteiger partial charge in [-0.25, -0.2) is 0 Å². The number of rotatable bonds is 4. The maximum absolute atomic E-state index is 3.76. The Morgan fingerprint density at radius 1 is 1.33 bits per heavy atom. The van der Waals surface area contributed by atoms with Crippen LogP contribution in [-0.2, 0) is 6.42 Å². The second kappa shape index (κ2) is 4.26. The van der Waals surface area contributed by atoms with Crippen molar-refractivity contribution in [2.24, 2.45) is 11.8 Å². The highest BCUT2D eigenvalue weighted by Gasteiger charge is 2.38. The SMILES string of the molecule is c1csc(CCNC2CC3CCC2C3)c1. The Bertz CT molecular complexity index is 306. The molecule has 1 aromatic heterocycles. The summed E-state index contributed by atoms with van der Waals surface area (Å²) in [6, 6.07) is 5.24. The van der Waals surface area contributed by atoms with Crippen LogP contribution >= 0.6 is 11.3 Å². The monoisotopic (exact) mass is 221 g/mol. The Kier molecular flexibility index (Phi) is 2.80. The van der Waals surface area contributed by atoms with Gasteiger partial charge in [-0.15, -0.1) is 11.3 Å². The van der Waals surface area contributed by atoms with Gasteiger partial charge in [-0.3, -0.25) is 0 Å². The first-order valence-corrected chi connectivity index (χ1v) is 7.05. The van der Waals surface area contributed by atoms with Crippen LogP contribution in [0.3, 0.4) is 0 Å². The quantitative estimate of drug-likeness (QED) is 0.824. The van der Waals surface area contributed by atoms with Crippen molar-refractivity contribution in [1.29, 1.82) is 0 Å². The standard InChI is InChI=1S/C13H19NS/c1-2-12(15-7-1)5-6-14-13-9-10-3-4-11(13)8-10/h1-2,7,10-11,13-14H,3-6,8-9H2. The highest BCUT2D eigenvalue weighted by atomic mass is 32.1. The van der Waals surface area contributed by atoms with Gasteiger partial charge in [0.2, 0.25) is 0 Å². The van der Waals surface area contributed by atoms with Crippen LogP contribution in [-0.4, -0.2) is 12.6 Å². The molecule has 3 atom stereocenters. The molecule has 2 heteroatoms. The Hall–Kier alpha value is -0.340. The van der Waals surface area contributed by atoms with Gasteiger partial charge in [0, 0.05) is 17.5 Å². The van der Waals surface area contributed by atoms with Crippen LogP contribution < -0.4 is 5.32 Å². The van der Waals surface area contributed by atoms with E-state index in [4.69, 9.17) is 0 Å². The Labute approximate surface area is 95.9 Å². The summed E-state index contributed by atoms with van der Waals surface area (Å²) in [5.74, 6) is 2.08. The average molecular weight is 221 g/mol. The van der Waals surface area contributed by atoms with Gasteiger partial charge in [-0.05, 0) is 49.0 Å². The zero-order valence-corrected chi connectivity index (χ0v) is 9.93. The van der Waals surface area contributed by atoms with E-state index < -0.39 is 0 Å². The second-order valence-corrected chi connectivity index (χ2v) is 6.10. The molecule has 1 nitrogen and oxygen atoms in total. The van der Waals surface area contributed by atoms with Crippen LogP contribution in [0, 0.1) is 11.8 Å². The second-order valence-electron chi connectivity index (χ2n) is 5.06. The first-order chi connectivity index (χ1) is 7.42. The highest BCUT2D eigenvalue weighted by molar-refractivity contribution is 7.09. The maximum Gasteiger partial charge on any atom is 0.00982 e. The number of hydrogen-bond donors (Lipinski definition) is 1. The van der Waals surface area contributed by atoms with Crippen molar-refractivity contribution >= 4 is 11.3 Å². The normalized spacial score (nSPS) is 33.7. The van der Waals surface area contributed by atoms with E-state index in [0.29, 0.717) is 0 Å². The van der Waals surface area contributed by atoms with Crippen LogP contribution in [0.25, 0.3) is 0 Å². The lowest BCUT2D eigenvalue weighted by Crippen LogP contribution is -2.35. The molecule has 0 saturated heterocycles. The van der Waals surface area contributed by atoms with E-state index in [1.54, 1.807) is 0 Å². The van der Waals surface area contributed by atoms with Crippen LogP contribution in [0.2, 0.25) is 0 Å². The van der Waals surface area contributed by atoms with Crippen molar-refractivity contribution in [1.82, 2.24) is 5.32 Å². The molecule has 2 aliphatic carbocycles. The fraction of sp³-hybridized carbons (Fsp3) is 0.692. The minimum Gasteiger partial charge on any atom is -0.313 e. The molecule has 2 fully saturated rings. The van der Waals surface area contributed by atoms with E-state index in [1.807, 2.05) is 11.3 Å². The fourth-order valence-corrected chi connectivity index (χ4v) is 4.04. The Morgan fingerprint density at radius 3 is 3.00 bits per heavy atom. The molecule has 0 aliphatic heterocycles. The largest absolute Gasteiger partial charge is 0.313 e. The highest BCUT2D eigenvalue weighted by Crippen LogP contribution is 2.44. The summed E-state index contributed by atoms with van der Waals surface area (Å²) in [6.07, 6.45) is 7.17. The first kappa shape index (κ1) is 9.86. The van der Waals surface area contributed by atoms with Crippen molar-refractivity contribution in [3.63, 3.8) is 0 Å². The van der Waals surface area contributed by atoms with Gasteiger partial charge in [0.05, 0.1) is 0 Å². The smallest absolute Gasteiger partial charge is 0.00982 e. The molecule has 2 saturated carbocycles. The molecular formula is C13H19NS. The maximum atomic E-state index is 3.76. The van der Waals surface area contributed by atoms with Gasteiger partial charge < -0.3 is 5.32 Å². The van der Waals surface area contributed by atoms with Crippen LogP contribution in [0.1, 0.15) is 30.6 Å². The number of fused-ring (bicyclic) bond motifs is 2. The Morgan fingerprint density at radius 2 is 2.33 bits per heavy atom. The Balaban J connectivity index is 1.43. The van der Waals surface area contributed by atoms with E-state index in [-0.39, 0.29) is 0 Å². The van der Waals surface area contributed by atoms with Crippen molar-refractivity contribution in [2.45, 2.75) is 38.1 Å². The van der Waals surface area contributed by atoms with E-state index in [2.05, 4.69) is 22.8 Å². The lowest BCUT2D eigenvalue weighted by atomic mass is 9.95. The fourth-order valence-electron chi connectivity index (χ4n) is 3.33. The van der Waals surface area contributed by atoms with E-state index in [0.717, 1.165) is 17.9 Å². The summed E-state index contributed by atoms with van der Waals surface area (Å²) >= 11 is 1.88. The van der Waals surface area contributed by atoms with Gasteiger partial charge in [0.15, 0.2) is 0 Å². The summed E-state index contributed by atoms with van der Waals surface area (Å²) in [5, 5.41) is 5.93. The van der Waals surface area contributed by atoms with Gasteiger partial charge in [-0.1, -0.05) is 12.5 Å². The molecule has 1 heterocycles. The summed E-state index contributed by atoms with van der Waals surface area (Å²) < 4.78 is 0. The van der Waals surface area contributed by atoms with E-state index >= 15 is 0 Å². The number of hydrogen-bond acceptors (Lipinski definition) is 2. The average Bonchev–Trinajstić information content (AvgIpc) is 2.93. The molecule has 2 aliphatic rings. The first-order valence-electron chi connectivity index (χ1n) is 6.17. The molecule has 1 N–H and O–H groups in total. The molecule has 82 valence electrons. The number of thiophene rings is 1. The van der Waals surface area contributed by atoms with Crippen LogP contribution in [0.5, 0.6) is 0 Å². The molecule has 0 radical (unpaired) electrons. The lowest BCUT2D eigenvalue weighted by Gasteiger charge is -2.22. The van der Waals surface area contributed by atoms with Crippen molar-refractivity contribution < 1.29 is 0 Å². The lowest BCUT2D eigenvalue weighted by molar-refractivity contribution is 0.354. The van der Waals surface area contributed by atoms with Crippen molar-refractivity contribution in [3.8, 4) is 0 Å². The van der Waals surface area contributed by atoms with Gasteiger partial charge in [0.25, 0.3) is 0 Å². The molecular weight excluding hydrogens is 202 g/mol. The third-order valence-electron chi connectivity index (χ3n) is 4.10. The van der Waals surface area contributed by atoms with Crippen LogP contribution in [0.4, 0.5) is 0 Å². The van der Waals surface area contributed by atoms with E-state index in [9.17, 15) is 0 Å². The van der Waals surface area contributed by atoms with Crippen molar-refractivity contribution in [3.05, 3.63) is 22.4 Å². The van der Waals surface area contributed by atoms with Gasteiger partial charge in [-0.2, -0.15) is 0 Å². The molecule has 0 spiro atoms. The number of nitrogens with one attached hydrogen (secondary N) is 1. The zero-order valence-electron chi connectivity index (χ0n) is 9.11. The molecule has 3 unspecified atom stereocenters. The molecule has 15 heavy (non-hydrogen) atoms. The van der Waals surface area contributed by atoms with Crippen LogP contribution in [0.15, 0.2) is 17.5 Å². The van der Waals surface area contributed by atoms with E-state index in [1.165, 1.54) is 43.5 Å². The molecule has 2 bridgehead atoms. The summed E-state index contributed by atoms with van der Waals surface area (Å²) in [5.41, 5.74) is 0. The summed E-state index contributed by atoms with van der Waals surface area (Å²) in [4.78, 5) is 1.52. The van der Waals surface area contributed by atoms with Gasteiger partial charge in [0.1, 0.15) is 0 Å². The minimum absolute atomic E-state index is 0.851. The van der Waals surface area contributed by atoms with Crippen molar-refractivity contribution in [2.75, 3.05) is 6.54 Å². The predicted octanol–water partition coefficient (Wildman–Crippen LogP) is 3.07. The minimum atomic E-state index is 0.851.